The SMILES string of the molecule is COc1ccccc1C=Cc1nn2c(-c3cc4ccccc4o3)nnc2s1. The summed E-state index contributed by atoms with van der Waals surface area (Å²) in [6, 6.07) is 17.6. The summed E-state index contributed by atoms with van der Waals surface area (Å²) >= 11 is 1.46. The molecule has 6 nitrogen and oxygen atoms in total. The van der Waals surface area contributed by atoms with Crippen LogP contribution < -0.4 is 4.74 Å². The van der Waals surface area contributed by atoms with E-state index in [2.05, 4.69) is 15.3 Å². The smallest absolute Gasteiger partial charge is 0.235 e. The lowest BCUT2D eigenvalue weighted by Gasteiger charge is -2.02. The molecule has 0 radical (unpaired) electrons. The number of rotatable bonds is 4. The Labute approximate surface area is 158 Å². The first-order valence-electron chi connectivity index (χ1n) is 8.34. The topological polar surface area (TPSA) is 65.5 Å². The normalized spacial score (nSPS) is 11.7. The molecule has 0 fully saturated rings. The Hall–Kier alpha value is -3.45. The lowest BCUT2D eigenvalue weighted by Crippen LogP contribution is -1.89. The van der Waals surface area contributed by atoms with Crippen LogP contribution in [-0.4, -0.2) is 26.9 Å². The number of benzene rings is 2. The summed E-state index contributed by atoms with van der Waals surface area (Å²) in [6.45, 7) is 0. The maximum atomic E-state index is 5.90. The van der Waals surface area contributed by atoms with Crippen molar-refractivity contribution in [1.82, 2.24) is 19.8 Å². The highest BCUT2D eigenvalue weighted by molar-refractivity contribution is 7.17. The lowest BCUT2D eigenvalue weighted by molar-refractivity contribution is 0.414. The van der Waals surface area contributed by atoms with E-state index in [-0.39, 0.29) is 0 Å². The standard InChI is InChI=1S/C20H14N4O2S/c1-25-15-8-4-2-6-13(15)10-11-18-23-24-19(21-22-20(24)27-18)17-12-14-7-3-5-9-16(14)26-17/h2-12H,1H3. The average Bonchev–Trinajstić information content (AvgIpc) is 3.39. The van der Waals surface area contributed by atoms with E-state index in [0.717, 1.165) is 27.3 Å². The van der Waals surface area contributed by atoms with Crippen LogP contribution in [0.1, 0.15) is 10.6 Å². The number of para-hydroxylation sites is 2. The number of furan rings is 1. The molecule has 27 heavy (non-hydrogen) atoms. The van der Waals surface area contributed by atoms with Crippen molar-refractivity contribution in [1.29, 1.82) is 0 Å². The lowest BCUT2D eigenvalue weighted by atomic mass is 10.2. The van der Waals surface area contributed by atoms with Crippen LogP contribution in [-0.2, 0) is 0 Å². The molecule has 0 atom stereocenters. The van der Waals surface area contributed by atoms with Crippen LogP contribution in [0.3, 0.4) is 0 Å². The molecule has 7 heteroatoms. The predicted molar refractivity (Wildman–Crippen MR) is 106 cm³/mol. The predicted octanol–water partition coefficient (Wildman–Crippen LogP) is 4.78. The van der Waals surface area contributed by atoms with Crippen LogP contribution >= 0.6 is 11.3 Å². The van der Waals surface area contributed by atoms with Gasteiger partial charge < -0.3 is 9.15 Å². The van der Waals surface area contributed by atoms with E-state index in [1.54, 1.807) is 11.6 Å². The minimum absolute atomic E-state index is 0.592. The van der Waals surface area contributed by atoms with Gasteiger partial charge in [0.15, 0.2) is 5.76 Å². The first-order valence-corrected chi connectivity index (χ1v) is 9.16. The summed E-state index contributed by atoms with van der Waals surface area (Å²) in [6.07, 6.45) is 3.92. The van der Waals surface area contributed by atoms with Crippen LogP contribution in [0.4, 0.5) is 0 Å². The third-order valence-electron chi connectivity index (χ3n) is 4.20. The van der Waals surface area contributed by atoms with Crippen LogP contribution in [0.25, 0.3) is 39.7 Å². The van der Waals surface area contributed by atoms with E-state index in [4.69, 9.17) is 9.15 Å². The van der Waals surface area contributed by atoms with E-state index in [0.29, 0.717) is 16.5 Å². The highest BCUT2D eigenvalue weighted by Crippen LogP contribution is 2.28. The summed E-state index contributed by atoms with van der Waals surface area (Å²) in [5.74, 6) is 2.06. The Morgan fingerprint density at radius 2 is 1.89 bits per heavy atom. The van der Waals surface area contributed by atoms with Gasteiger partial charge in [0, 0.05) is 10.9 Å². The third kappa shape index (κ3) is 2.78. The molecule has 0 spiro atoms. The molecule has 0 aliphatic heterocycles. The van der Waals surface area contributed by atoms with E-state index >= 15 is 0 Å². The van der Waals surface area contributed by atoms with Crippen molar-refractivity contribution >= 4 is 39.4 Å². The molecule has 0 aliphatic carbocycles. The largest absolute Gasteiger partial charge is 0.496 e. The second-order valence-electron chi connectivity index (χ2n) is 5.88. The second-order valence-corrected chi connectivity index (χ2v) is 6.87. The number of aromatic nitrogens is 4. The Balaban J connectivity index is 1.52. The molecular weight excluding hydrogens is 360 g/mol. The Kier molecular flexibility index (Phi) is 3.72. The van der Waals surface area contributed by atoms with Crippen molar-refractivity contribution in [2.24, 2.45) is 0 Å². The summed E-state index contributed by atoms with van der Waals surface area (Å²) in [7, 11) is 1.66. The second kappa shape index (κ2) is 6.37. The van der Waals surface area contributed by atoms with Gasteiger partial charge >= 0.3 is 0 Å². The van der Waals surface area contributed by atoms with E-state index < -0.39 is 0 Å². The summed E-state index contributed by atoms with van der Waals surface area (Å²) in [5, 5.41) is 14.9. The monoisotopic (exact) mass is 374 g/mol. The fourth-order valence-electron chi connectivity index (χ4n) is 2.91. The van der Waals surface area contributed by atoms with Crippen molar-refractivity contribution in [2.75, 3.05) is 7.11 Å². The number of hydrogen-bond donors (Lipinski definition) is 0. The van der Waals surface area contributed by atoms with E-state index in [1.165, 1.54) is 11.3 Å². The van der Waals surface area contributed by atoms with Crippen molar-refractivity contribution in [3.05, 3.63) is 65.2 Å². The van der Waals surface area contributed by atoms with Gasteiger partial charge in [0.2, 0.25) is 10.8 Å². The molecule has 0 unspecified atom stereocenters. The molecule has 3 heterocycles. The highest BCUT2D eigenvalue weighted by Gasteiger charge is 2.16. The van der Waals surface area contributed by atoms with Crippen LogP contribution in [0.15, 0.2) is 59.0 Å². The molecule has 2 aromatic carbocycles. The number of fused-ring (bicyclic) bond motifs is 2. The van der Waals surface area contributed by atoms with Crippen molar-refractivity contribution < 1.29 is 9.15 Å². The van der Waals surface area contributed by atoms with E-state index in [1.807, 2.05) is 66.7 Å². The van der Waals surface area contributed by atoms with Crippen LogP contribution in [0, 0.1) is 0 Å². The molecule has 5 aromatic rings. The fraction of sp³-hybridized carbons (Fsp3) is 0.0500. The maximum Gasteiger partial charge on any atom is 0.235 e. The minimum atomic E-state index is 0.592. The van der Waals surface area contributed by atoms with Gasteiger partial charge in [-0.05, 0) is 30.4 Å². The number of ether oxygens (including phenoxy) is 1. The van der Waals surface area contributed by atoms with Gasteiger partial charge in [-0.15, -0.1) is 10.2 Å². The third-order valence-corrected chi connectivity index (χ3v) is 5.06. The van der Waals surface area contributed by atoms with Gasteiger partial charge in [0.25, 0.3) is 0 Å². The van der Waals surface area contributed by atoms with Gasteiger partial charge in [0.1, 0.15) is 16.3 Å². The molecule has 0 bridgehead atoms. The Bertz CT molecular complexity index is 1250. The van der Waals surface area contributed by atoms with Crippen molar-refractivity contribution in [3.63, 3.8) is 0 Å². The summed E-state index contributed by atoms with van der Waals surface area (Å²) in [5.41, 5.74) is 1.80. The Morgan fingerprint density at radius 3 is 2.78 bits per heavy atom. The molecule has 0 N–H and O–H groups in total. The van der Waals surface area contributed by atoms with Gasteiger partial charge in [-0.1, -0.05) is 47.7 Å². The van der Waals surface area contributed by atoms with Crippen molar-refractivity contribution in [3.8, 4) is 17.3 Å². The first kappa shape index (κ1) is 15.8. The zero-order valence-electron chi connectivity index (χ0n) is 14.4. The maximum absolute atomic E-state index is 5.90. The van der Waals surface area contributed by atoms with Gasteiger partial charge in [-0.3, -0.25) is 0 Å². The molecule has 0 aliphatic rings. The minimum Gasteiger partial charge on any atom is -0.496 e. The van der Waals surface area contributed by atoms with Gasteiger partial charge in [-0.25, -0.2) is 0 Å². The fourth-order valence-corrected chi connectivity index (χ4v) is 3.65. The molecule has 0 saturated carbocycles. The average molecular weight is 374 g/mol. The Morgan fingerprint density at radius 1 is 1.04 bits per heavy atom. The van der Waals surface area contributed by atoms with Gasteiger partial charge in [0.05, 0.1) is 7.11 Å². The molecule has 132 valence electrons. The zero-order valence-corrected chi connectivity index (χ0v) is 15.2. The quantitative estimate of drug-likeness (QED) is 0.453. The number of methoxy groups -OCH3 is 1. The number of nitrogens with zero attached hydrogens (tertiary/aromatic N) is 4. The molecular formula is C20H14N4O2S. The summed E-state index contributed by atoms with van der Waals surface area (Å²) < 4.78 is 13.0. The first-order chi connectivity index (χ1) is 13.3. The molecule has 3 aromatic heterocycles. The molecule has 0 amide bonds. The zero-order chi connectivity index (χ0) is 18.2. The van der Waals surface area contributed by atoms with Crippen LogP contribution in [0.5, 0.6) is 5.75 Å². The molecule has 0 saturated heterocycles. The van der Waals surface area contributed by atoms with Crippen LogP contribution in [0.2, 0.25) is 0 Å². The van der Waals surface area contributed by atoms with Gasteiger partial charge in [-0.2, -0.15) is 9.61 Å². The van der Waals surface area contributed by atoms with Crippen molar-refractivity contribution in [2.45, 2.75) is 0 Å². The molecule has 5 rings (SSSR count). The summed E-state index contributed by atoms with van der Waals surface area (Å²) in [4.78, 5) is 0.713. The number of hydrogen-bond acceptors (Lipinski definition) is 6. The van der Waals surface area contributed by atoms with E-state index in [9.17, 15) is 0 Å². The highest BCUT2D eigenvalue weighted by atomic mass is 32.1.